The lowest BCUT2D eigenvalue weighted by molar-refractivity contribution is -0.255. The van der Waals surface area contributed by atoms with Gasteiger partial charge in [0.1, 0.15) is 39.2 Å². The fourth-order valence-corrected chi connectivity index (χ4v) is 5.33. The van der Waals surface area contributed by atoms with E-state index in [2.05, 4.69) is 5.73 Å². The van der Waals surface area contributed by atoms with Crippen molar-refractivity contribution in [1.29, 1.82) is 0 Å². The summed E-state index contributed by atoms with van der Waals surface area (Å²) < 4.78 is 271. The SMILES string of the molecule is CC(C)(C)OC(=O)Nc1c(F)c(F)c(F)c(F)c1C(=O)O.CC(C)(C)OC(=O)Nc1c(F)c(F)c(F)c(F)c1C(N)=O.CC(C)(C)OC(=O)Nc1cc(F)c(F)c(F)c1F.Nc1c(F)c(F)c(F)c(F)c1C([NH3+])=O.Nc1cc(F)c(F)c(F)c1F. The van der Waals surface area contributed by atoms with Crippen molar-refractivity contribution < 1.29 is 142 Å². The lowest BCUT2D eigenvalue weighted by atomic mass is 10.1. The minimum atomic E-state index is -2.29. The number of anilines is 5. The second-order valence-corrected chi connectivity index (χ2v) is 18.8. The van der Waals surface area contributed by atoms with Gasteiger partial charge < -0.3 is 36.5 Å². The Balaban J connectivity index is 0.000000540. The summed E-state index contributed by atoms with van der Waals surface area (Å²) in [6.45, 7) is 13.4. The number of halogens is 20. The lowest BCUT2D eigenvalue weighted by Crippen LogP contribution is -2.57. The molecule has 5 aromatic carbocycles. The maximum atomic E-state index is 13.6. The van der Waals surface area contributed by atoms with Gasteiger partial charge in [-0.2, -0.15) is 0 Å². The highest BCUT2D eigenvalue weighted by molar-refractivity contribution is 6.02. The molecule has 0 radical (unpaired) electrons. The van der Waals surface area contributed by atoms with E-state index in [1.165, 1.54) is 41.5 Å². The van der Waals surface area contributed by atoms with Crippen LogP contribution in [0.5, 0.6) is 0 Å². The van der Waals surface area contributed by atoms with E-state index < -0.39 is 214 Å². The molecule has 5 rings (SSSR count). The van der Waals surface area contributed by atoms with Crippen LogP contribution in [-0.4, -0.2) is 58.0 Å². The number of primary amides is 1. The average molecular weight is 1260 g/mol. The molecular weight excluding hydrogens is 1210 g/mol. The Bertz CT molecular complexity index is 3280. The summed E-state index contributed by atoms with van der Waals surface area (Å²) in [5.74, 6) is -43.8. The van der Waals surface area contributed by atoms with Gasteiger partial charge in [0.2, 0.25) is 0 Å². The fourth-order valence-electron chi connectivity index (χ4n) is 5.33. The van der Waals surface area contributed by atoms with Gasteiger partial charge in [-0.3, -0.25) is 26.5 Å². The average Bonchev–Trinajstić information content (AvgIpc) is 2.88. The van der Waals surface area contributed by atoms with Gasteiger partial charge in [0.05, 0.1) is 22.7 Å². The van der Waals surface area contributed by atoms with Crippen LogP contribution in [0.1, 0.15) is 93.4 Å². The Labute approximate surface area is 463 Å². The molecule has 0 aromatic heterocycles. The summed E-state index contributed by atoms with van der Waals surface area (Å²) in [6.07, 6.45) is -3.75. The Morgan fingerprint density at radius 3 is 1.05 bits per heavy atom. The van der Waals surface area contributed by atoms with Crippen molar-refractivity contribution in [3.05, 3.63) is 145 Å². The van der Waals surface area contributed by atoms with E-state index in [-0.39, 0.29) is 0 Å². The number of carbonyl (C=O) groups is 6. The molecule has 85 heavy (non-hydrogen) atoms. The molecule has 0 bridgehead atoms. The molecule has 0 saturated carbocycles. The monoisotopic (exact) mass is 1260 g/mol. The minimum Gasteiger partial charge on any atom is -0.478 e. The lowest BCUT2D eigenvalue weighted by Gasteiger charge is -2.20. The first kappa shape index (κ1) is 73.7. The smallest absolute Gasteiger partial charge is 0.412 e. The van der Waals surface area contributed by atoms with Crippen LogP contribution in [0.15, 0.2) is 12.1 Å². The van der Waals surface area contributed by atoms with Gasteiger partial charge >= 0.3 is 30.2 Å². The summed E-state index contributed by atoms with van der Waals surface area (Å²) in [6, 6.07) is 0.714. The number of hydrogen-bond acceptors (Lipinski definition) is 11. The van der Waals surface area contributed by atoms with Crippen LogP contribution in [-0.2, 0) is 14.2 Å². The number of amides is 5. The molecule has 468 valence electrons. The van der Waals surface area contributed by atoms with Crippen LogP contribution in [0.25, 0.3) is 0 Å². The number of nitrogen functional groups attached to an aromatic ring is 2. The second kappa shape index (κ2) is 28.8. The topological polar surface area (TPSA) is 292 Å². The molecule has 0 saturated heterocycles. The Kier molecular flexibility index (Phi) is 25.0. The van der Waals surface area contributed by atoms with Crippen LogP contribution in [0.2, 0.25) is 0 Å². The normalized spacial score (nSPS) is 10.9. The number of carbonyl (C=O) groups excluding carboxylic acids is 5. The second-order valence-electron chi connectivity index (χ2n) is 18.8. The van der Waals surface area contributed by atoms with Crippen molar-refractivity contribution in [2.45, 2.75) is 79.1 Å². The van der Waals surface area contributed by atoms with Crippen LogP contribution in [0, 0.1) is 116 Å². The van der Waals surface area contributed by atoms with E-state index in [1.807, 2.05) is 0 Å². The molecule has 0 unspecified atom stereocenters. The number of carboxylic acid groups (broad SMARTS) is 1. The van der Waals surface area contributed by atoms with Crippen molar-refractivity contribution >= 4 is 64.5 Å². The Hall–Kier alpha value is -9.32. The highest BCUT2D eigenvalue weighted by Crippen LogP contribution is 2.32. The molecule has 37 heteroatoms. The van der Waals surface area contributed by atoms with Gasteiger partial charge in [-0.05, 0) is 62.3 Å². The summed E-state index contributed by atoms with van der Waals surface area (Å²) in [5, 5.41) is 13.7. The number of benzene rings is 5. The highest BCUT2D eigenvalue weighted by Gasteiger charge is 2.33. The Morgan fingerprint density at radius 1 is 0.400 bits per heavy atom. The third kappa shape index (κ3) is 19.7. The van der Waals surface area contributed by atoms with Crippen molar-refractivity contribution in [2.75, 3.05) is 27.4 Å². The number of carboxylic acids is 1. The van der Waals surface area contributed by atoms with Gasteiger partial charge in [0.25, 0.3) is 5.91 Å². The third-order valence-corrected chi connectivity index (χ3v) is 8.70. The zero-order valence-electron chi connectivity index (χ0n) is 44.3. The zero-order valence-corrected chi connectivity index (χ0v) is 44.3. The number of quaternary nitrogens is 1. The molecule has 5 amide bonds. The van der Waals surface area contributed by atoms with Crippen LogP contribution < -0.4 is 38.9 Å². The van der Waals surface area contributed by atoms with Gasteiger partial charge in [-0.1, -0.05) is 0 Å². The van der Waals surface area contributed by atoms with Crippen LogP contribution in [0.3, 0.4) is 0 Å². The number of nitrogens with two attached hydrogens (primary N) is 3. The largest absolute Gasteiger partial charge is 0.478 e. The molecule has 0 aliphatic heterocycles. The molecule has 0 aliphatic rings. The molecule has 0 heterocycles. The molecule has 0 fully saturated rings. The third-order valence-electron chi connectivity index (χ3n) is 8.70. The van der Waals surface area contributed by atoms with Gasteiger partial charge in [-0.25, -0.2) is 112 Å². The highest BCUT2D eigenvalue weighted by atomic mass is 19.2. The quantitative estimate of drug-likeness (QED) is 0.0259. The standard InChI is InChI=1S/C12H12F4N2O3.C12H11F4NO4.C11H11F4NO2.C7H4F4N2O.C6H3F4N/c1-12(2,3)21-11(20)18-9-4(10(17)19)5(13)6(14)7(15)8(9)16;1-12(2,3)21-11(20)17-9-4(10(18)19)5(13)6(14)7(15)8(9)16;1-11(2,3)18-10(17)16-6-4-5(12)7(13)9(15)8(6)14;8-2-1(7(13)14)6(12)5(11)4(10)3(2)9;7-2-1-3(11)5(9)6(10)4(2)8/h1-3H3,(H2,17,19)(H,18,20);1-3H3,(H,17,20)(H,18,19);4H,1-3H3,(H,16,17);12H2,(H2,13,14);1H,11H2/p+1. The number of hydrogen-bond donors (Lipinski definition) is 8. The molecule has 0 spiro atoms. The van der Waals surface area contributed by atoms with Crippen molar-refractivity contribution in [1.82, 2.24) is 0 Å². The first-order valence-corrected chi connectivity index (χ1v) is 22.1. The molecule has 0 aliphatic carbocycles. The first-order chi connectivity index (χ1) is 38.4. The first-order valence-electron chi connectivity index (χ1n) is 22.1. The van der Waals surface area contributed by atoms with Crippen LogP contribution in [0.4, 0.5) is 131 Å². The molecule has 17 nitrogen and oxygen atoms in total. The predicted molar refractivity (Wildman–Crippen MR) is 252 cm³/mol. The minimum absolute atomic E-state index is 0.331. The van der Waals surface area contributed by atoms with E-state index in [4.69, 9.17) is 36.5 Å². The summed E-state index contributed by atoms with van der Waals surface area (Å²) in [5.41, 5.74) is 5.07. The molecule has 5 aromatic rings. The predicted octanol–water partition coefficient (Wildman–Crippen LogP) is 11.6. The number of nitrogens with one attached hydrogen (secondary N) is 3. The number of aromatic carboxylic acids is 1. The molecule has 13 N–H and O–H groups in total. The van der Waals surface area contributed by atoms with Crippen molar-refractivity contribution in [2.24, 2.45) is 5.73 Å². The van der Waals surface area contributed by atoms with Crippen molar-refractivity contribution in [3.63, 3.8) is 0 Å². The number of rotatable bonds is 6. The summed E-state index contributed by atoms with van der Waals surface area (Å²) >= 11 is 0. The van der Waals surface area contributed by atoms with Gasteiger partial charge in [0, 0.05) is 12.1 Å². The molecule has 0 atom stereocenters. The zero-order chi connectivity index (χ0) is 66.8. The fraction of sp³-hybridized carbons (Fsp3) is 0.250. The maximum absolute atomic E-state index is 13.6. The molecular formula is C48H42F20N7O10+. The van der Waals surface area contributed by atoms with Crippen molar-refractivity contribution in [3.8, 4) is 0 Å². The van der Waals surface area contributed by atoms with E-state index in [1.54, 1.807) is 36.7 Å². The van der Waals surface area contributed by atoms with Gasteiger partial charge in [-0.15, -0.1) is 0 Å². The van der Waals surface area contributed by atoms with E-state index in [0.717, 1.165) is 0 Å². The Morgan fingerprint density at radius 2 is 0.694 bits per heavy atom. The summed E-state index contributed by atoms with van der Waals surface area (Å²) in [7, 11) is 0. The maximum Gasteiger partial charge on any atom is 0.412 e. The van der Waals surface area contributed by atoms with E-state index in [0.29, 0.717) is 12.1 Å². The number of ether oxygens (including phenoxy) is 3. The van der Waals surface area contributed by atoms with Crippen LogP contribution >= 0.6 is 0 Å². The van der Waals surface area contributed by atoms with Gasteiger partial charge in [0.15, 0.2) is 116 Å². The van der Waals surface area contributed by atoms with E-state index in [9.17, 15) is 117 Å². The summed E-state index contributed by atoms with van der Waals surface area (Å²) in [4.78, 5) is 66.7. The van der Waals surface area contributed by atoms with E-state index >= 15 is 0 Å².